The molecule has 1 rings (SSSR count). The lowest BCUT2D eigenvalue weighted by atomic mass is 10.0. The number of hydrogen-bond donors (Lipinski definition) is 1. The summed E-state index contributed by atoms with van der Waals surface area (Å²) in [7, 11) is -2.82. The maximum atomic E-state index is 11.2. The second-order valence-electron chi connectivity index (χ2n) is 4.07. The van der Waals surface area contributed by atoms with Gasteiger partial charge in [0, 0.05) is 25.4 Å². The van der Waals surface area contributed by atoms with Gasteiger partial charge in [0.2, 0.25) is 0 Å². The topological polar surface area (TPSA) is 55.4 Å². The standard InChI is InChI=1S/C10H21NO3S/c1-3-15(12,13)7-5-11-8-10-4-6-14-9(10)2/h9-11H,3-8H2,1-2H3. The normalized spacial score (nSPS) is 27.1. The third kappa shape index (κ3) is 4.49. The summed E-state index contributed by atoms with van der Waals surface area (Å²) < 4.78 is 27.8. The van der Waals surface area contributed by atoms with Gasteiger partial charge in [-0.05, 0) is 19.3 Å². The molecule has 2 unspecified atom stereocenters. The van der Waals surface area contributed by atoms with Crippen molar-refractivity contribution < 1.29 is 13.2 Å². The molecule has 0 saturated carbocycles. The van der Waals surface area contributed by atoms with E-state index in [0.29, 0.717) is 18.6 Å². The molecular formula is C10H21NO3S. The van der Waals surface area contributed by atoms with Crippen LogP contribution in [0.4, 0.5) is 0 Å². The second kappa shape index (κ2) is 5.82. The number of nitrogens with one attached hydrogen (secondary N) is 1. The van der Waals surface area contributed by atoms with E-state index in [-0.39, 0.29) is 11.5 Å². The first-order chi connectivity index (χ1) is 7.05. The van der Waals surface area contributed by atoms with Gasteiger partial charge in [-0.25, -0.2) is 8.42 Å². The third-order valence-corrected chi connectivity index (χ3v) is 4.68. The molecule has 0 aromatic carbocycles. The highest BCUT2D eigenvalue weighted by Crippen LogP contribution is 2.18. The van der Waals surface area contributed by atoms with Crippen LogP contribution in [-0.4, -0.2) is 45.7 Å². The molecule has 1 saturated heterocycles. The van der Waals surface area contributed by atoms with Gasteiger partial charge in [-0.1, -0.05) is 6.92 Å². The summed E-state index contributed by atoms with van der Waals surface area (Å²) in [6, 6.07) is 0. The molecule has 0 aliphatic carbocycles. The molecule has 1 heterocycles. The Hall–Kier alpha value is -0.130. The Kier molecular flexibility index (Phi) is 5.02. The van der Waals surface area contributed by atoms with Crippen molar-refractivity contribution in [2.24, 2.45) is 5.92 Å². The number of sulfone groups is 1. The van der Waals surface area contributed by atoms with Crippen LogP contribution in [0.15, 0.2) is 0 Å². The molecule has 1 aliphatic heterocycles. The molecule has 15 heavy (non-hydrogen) atoms. The third-order valence-electron chi connectivity index (χ3n) is 2.97. The van der Waals surface area contributed by atoms with Gasteiger partial charge >= 0.3 is 0 Å². The van der Waals surface area contributed by atoms with Gasteiger partial charge in [0.25, 0.3) is 0 Å². The Morgan fingerprint density at radius 1 is 1.47 bits per heavy atom. The Labute approximate surface area is 92.3 Å². The fraction of sp³-hybridized carbons (Fsp3) is 1.00. The fourth-order valence-corrected chi connectivity index (χ4v) is 2.45. The van der Waals surface area contributed by atoms with E-state index in [1.807, 2.05) is 0 Å². The highest BCUT2D eigenvalue weighted by molar-refractivity contribution is 7.91. The lowest BCUT2D eigenvalue weighted by Gasteiger charge is -2.14. The minimum atomic E-state index is -2.82. The Balaban J connectivity index is 2.12. The molecule has 0 amide bonds. The molecule has 90 valence electrons. The summed E-state index contributed by atoms with van der Waals surface area (Å²) in [6.45, 7) is 6.00. The summed E-state index contributed by atoms with van der Waals surface area (Å²) in [4.78, 5) is 0. The monoisotopic (exact) mass is 235 g/mol. The average Bonchev–Trinajstić information content (AvgIpc) is 2.59. The molecule has 0 radical (unpaired) electrons. The highest BCUT2D eigenvalue weighted by Gasteiger charge is 2.23. The van der Waals surface area contributed by atoms with E-state index >= 15 is 0 Å². The second-order valence-corrected chi connectivity index (χ2v) is 6.54. The predicted octanol–water partition coefficient (Wildman–Crippen LogP) is 0.436. The van der Waals surface area contributed by atoms with E-state index < -0.39 is 9.84 Å². The SMILES string of the molecule is CCS(=O)(=O)CCNCC1CCOC1C. The first kappa shape index (κ1) is 12.9. The summed E-state index contributed by atoms with van der Waals surface area (Å²) in [6.07, 6.45) is 1.38. The van der Waals surface area contributed by atoms with Crippen LogP contribution in [0.1, 0.15) is 20.3 Å². The van der Waals surface area contributed by atoms with E-state index in [4.69, 9.17) is 4.74 Å². The van der Waals surface area contributed by atoms with E-state index in [9.17, 15) is 8.42 Å². The van der Waals surface area contributed by atoms with Crippen molar-refractivity contribution in [1.29, 1.82) is 0 Å². The summed E-state index contributed by atoms with van der Waals surface area (Å²) >= 11 is 0. The molecule has 1 fully saturated rings. The zero-order chi connectivity index (χ0) is 11.3. The van der Waals surface area contributed by atoms with Crippen LogP contribution in [0, 0.1) is 5.92 Å². The van der Waals surface area contributed by atoms with Crippen molar-refractivity contribution in [3.8, 4) is 0 Å². The van der Waals surface area contributed by atoms with Gasteiger partial charge in [0.15, 0.2) is 9.84 Å². The van der Waals surface area contributed by atoms with Crippen molar-refractivity contribution in [2.45, 2.75) is 26.4 Å². The van der Waals surface area contributed by atoms with Gasteiger partial charge in [-0.3, -0.25) is 0 Å². The van der Waals surface area contributed by atoms with E-state index in [2.05, 4.69) is 12.2 Å². The van der Waals surface area contributed by atoms with Gasteiger partial charge in [-0.15, -0.1) is 0 Å². The van der Waals surface area contributed by atoms with E-state index in [1.54, 1.807) is 6.92 Å². The van der Waals surface area contributed by atoms with Crippen LogP contribution >= 0.6 is 0 Å². The lowest BCUT2D eigenvalue weighted by molar-refractivity contribution is 0.106. The number of rotatable bonds is 6. The summed E-state index contributed by atoms with van der Waals surface area (Å²) in [5.41, 5.74) is 0. The van der Waals surface area contributed by atoms with E-state index in [1.165, 1.54) is 0 Å². The van der Waals surface area contributed by atoms with Crippen LogP contribution in [0.3, 0.4) is 0 Å². The van der Waals surface area contributed by atoms with Crippen molar-refractivity contribution >= 4 is 9.84 Å². The molecule has 1 N–H and O–H groups in total. The van der Waals surface area contributed by atoms with Crippen LogP contribution in [0.2, 0.25) is 0 Å². The maximum absolute atomic E-state index is 11.2. The van der Waals surface area contributed by atoms with Gasteiger partial charge in [0.05, 0.1) is 11.9 Å². The molecule has 0 bridgehead atoms. The maximum Gasteiger partial charge on any atom is 0.151 e. The smallest absolute Gasteiger partial charge is 0.151 e. The summed E-state index contributed by atoms with van der Waals surface area (Å²) in [5.74, 6) is 1.01. The molecular weight excluding hydrogens is 214 g/mol. The zero-order valence-electron chi connectivity index (χ0n) is 9.53. The first-order valence-electron chi connectivity index (χ1n) is 5.58. The van der Waals surface area contributed by atoms with Crippen LogP contribution in [-0.2, 0) is 14.6 Å². The van der Waals surface area contributed by atoms with Crippen LogP contribution in [0.25, 0.3) is 0 Å². The molecule has 0 aromatic rings. The van der Waals surface area contributed by atoms with Gasteiger partial charge in [0.1, 0.15) is 0 Å². The van der Waals surface area contributed by atoms with Crippen molar-refractivity contribution in [3.63, 3.8) is 0 Å². The van der Waals surface area contributed by atoms with Crippen LogP contribution < -0.4 is 5.32 Å². The van der Waals surface area contributed by atoms with Gasteiger partial charge in [-0.2, -0.15) is 0 Å². The Bertz CT molecular complexity index is 276. The van der Waals surface area contributed by atoms with Crippen molar-refractivity contribution in [2.75, 3.05) is 31.2 Å². The molecule has 5 heteroatoms. The molecule has 0 aromatic heterocycles. The van der Waals surface area contributed by atoms with Crippen molar-refractivity contribution in [3.05, 3.63) is 0 Å². The van der Waals surface area contributed by atoms with Crippen molar-refractivity contribution in [1.82, 2.24) is 5.32 Å². The molecule has 4 nitrogen and oxygen atoms in total. The van der Waals surface area contributed by atoms with Gasteiger partial charge < -0.3 is 10.1 Å². The molecule has 1 aliphatic rings. The number of ether oxygens (including phenoxy) is 1. The first-order valence-corrected chi connectivity index (χ1v) is 7.40. The summed E-state index contributed by atoms with van der Waals surface area (Å²) in [5, 5.41) is 3.19. The average molecular weight is 235 g/mol. The largest absolute Gasteiger partial charge is 0.378 e. The van der Waals surface area contributed by atoms with E-state index in [0.717, 1.165) is 19.6 Å². The minimum absolute atomic E-state index is 0.234. The number of hydrogen-bond acceptors (Lipinski definition) is 4. The fourth-order valence-electron chi connectivity index (χ4n) is 1.70. The quantitative estimate of drug-likeness (QED) is 0.679. The zero-order valence-corrected chi connectivity index (χ0v) is 10.3. The Morgan fingerprint density at radius 2 is 2.20 bits per heavy atom. The minimum Gasteiger partial charge on any atom is -0.378 e. The Morgan fingerprint density at radius 3 is 2.73 bits per heavy atom. The highest BCUT2D eigenvalue weighted by atomic mass is 32.2. The predicted molar refractivity (Wildman–Crippen MR) is 60.7 cm³/mol. The van der Waals surface area contributed by atoms with Crippen LogP contribution in [0.5, 0.6) is 0 Å². The molecule has 0 spiro atoms. The molecule has 2 atom stereocenters. The lowest BCUT2D eigenvalue weighted by Crippen LogP contribution is -2.31.